The molecule has 1 heterocycles. The van der Waals surface area contributed by atoms with Crippen molar-refractivity contribution in [2.45, 2.75) is 6.04 Å². The van der Waals surface area contributed by atoms with Crippen LogP contribution in [0, 0.1) is 5.82 Å². The summed E-state index contributed by atoms with van der Waals surface area (Å²) in [4.78, 5) is 0.883. The first kappa shape index (κ1) is 12.0. The van der Waals surface area contributed by atoms with E-state index < -0.39 is 0 Å². The molecule has 0 spiro atoms. The molecule has 0 aliphatic rings. The van der Waals surface area contributed by atoms with Crippen LogP contribution in [0.5, 0.6) is 0 Å². The van der Waals surface area contributed by atoms with E-state index in [4.69, 9.17) is 17.3 Å². The van der Waals surface area contributed by atoms with E-state index in [0.717, 1.165) is 10.4 Å². The van der Waals surface area contributed by atoms with Crippen molar-refractivity contribution >= 4 is 38.9 Å². The minimum absolute atomic E-state index is 0.292. The van der Waals surface area contributed by atoms with Gasteiger partial charge in [0.1, 0.15) is 5.82 Å². The lowest BCUT2D eigenvalue weighted by molar-refractivity contribution is 0.625. The molecule has 0 saturated heterocycles. The molecule has 0 radical (unpaired) electrons. The molecular weight excluding hydrogens is 313 g/mol. The Bertz CT molecular complexity index is 514. The van der Waals surface area contributed by atoms with Crippen LogP contribution in [0.15, 0.2) is 34.1 Å². The lowest BCUT2D eigenvalue weighted by atomic mass is 10.1. The maximum Gasteiger partial charge on any atom is 0.124 e. The Balaban J connectivity index is 2.41. The highest BCUT2D eigenvalue weighted by Gasteiger charge is 2.16. The molecule has 16 heavy (non-hydrogen) atoms. The Morgan fingerprint density at radius 1 is 1.38 bits per heavy atom. The summed E-state index contributed by atoms with van der Waals surface area (Å²) in [5, 5.41) is 2.53. The summed E-state index contributed by atoms with van der Waals surface area (Å²) in [5.74, 6) is -0.292. The van der Waals surface area contributed by atoms with Crippen molar-refractivity contribution in [3.63, 3.8) is 0 Å². The Morgan fingerprint density at radius 3 is 2.69 bits per heavy atom. The van der Waals surface area contributed by atoms with Gasteiger partial charge in [0.25, 0.3) is 0 Å². The van der Waals surface area contributed by atoms with Crippen LogP contribution in [-0.4, -0.2) is 0 Å². The first-order valence-corrected chi connectivity index (χ1v) is 6.58. The zero-order valence-electron chi connectivity index (χ0n) is 8.08. The maximum atomic E-state index is 12.9. The summed E-state index contributed by atoms with van der Waals surface area (Å²) in [5.41, 5.74) is 6.91. The number of rotatable bonds is 2. The molecule has 0 saturated carbocycles. The van der Waals surface area contributed by atoms with Gasteiger partial charge in [-0.2, -0.15) is 0 Å². The normalized spacial score (nSPS) is 12.8. The number of halogens is 3. The highest BCUT2D eigenvalue weighted by molar-refractivity contribution is 9.10. The van der Waals surface area contributed by atoms with Gasteiger partial charge in [-0.3, -0.25) is 0 Å². The van der Waals surface area contributed by atoms with Crippen LogP contribution in [0.4, 0.5) is 4.39 Å². The van der Waals surface area contributed by atoms with E-state index in [9.17, 15) is 4.39 Å². The standard InChI is InChI=1S/C11H8BrClFNS/c12-8-5-6(14)1-2-7(8)10(15)11-9(13)3-4-16-11/h1-5,10H,15H2. The second kappa shape index (κ2) is 4.84. The minimum atomic E-state index is -0.331. The summed E-state index contributed by atoms with van der Waals surface area (Å²) in [6.07, 6.45) is 0. The quantitative estimate of drug-likeness (QED) is 0.874. The molecule has 0 fully saturated rings. The van der Waals surface area contributed by atoms with E-state index in [1.165, 1.54) is 23.5 Å². The number of hydrogen-bond acceptors (Lipinski definition) is 2. The first-order valence-electron chi connectivity index (χ1n) is 4.53. The van der Waals surface area contributed by atoms with Crippen LogP contribution in [0.1, 0.15) is 16.5 Å². The summed E-state index contributed by atoms with van der Waals surface area (Å²) >= 11 is 10.8. The van der Waals surface area contributed by atoms with E-state index in [1.54, 1.807) is 12.1 Å². The molecule has 0 aliphatic heterocycles. The third-order valence-electron chi connectivity index (χ3n) is 2.22. The lowest BCUT2D eigenvalue weighted by Gasteiger charge is -2.12. The highest BCUT2D eigenvalue weighted by atomic mass is 79.9. The van der Waals surface area contributed by atoms with Crippen molar-refractivity contribution in [2.75, 3.05) is 0 Å². The third kappa shape index (κ3) is 2.30. The number of hydrogen-bond donors (Lipinski definition) is 1. The van der Waals surface area contributed by atoms with Crippen molar-refractivity contribution < 1.29 is 4.39 Å². The summed E-state index contributed by atoms with van der Waals surface area (Å²) in [6, 6.07) is 5.93. The van der Waals surface area contributed by atoms with E-state index in [1.807, 2.05) is 5.38 Å². The SMILES string of the molecule is NC(c1ccc(F)cc1Br)c1sccc1Cl. The van der Waals surface area contributed by atoms with Crippen LogP contribution in [-0.2, 0) is 0 Å². The summed E-state index contributed by atoms with van der Waals surface area (Å²) in [6.45, 7) is 0. The van der Waals surface area contributed by atoms with Gasteiger partial charge in [-0.15, -0.1) is 11.3 Å². The zero-order chi connectivity index (χ0) is 11.7. The molecule has 1 aromatic heterocycles. The van der Waals surface area contributed by atoms with Gasteiger partial charge in [0, 0.05) is 9.35 Å². The van der Waals surface area contributed by atoms with Gasteiger partial charge in [-0.05, 0) is 29.1 Å². The van der Waals surface area contributed by atoms with E-state index in [-0.39, 0.29) is 11.9 Å². The number of benzene rings is 1. The van der Waals surface area contributed by atoms with Gasteiger partial charge >= 0.3 is 0 Å². The van der Waals surface area contributed by atoms with Crippen molar-refractivity contribution in [3.8, 4) is 0 Å². The Morgan fingerprint density at radius 2 is 2.12 bits per heavy atom. The molecule has 0 bridgehead atoms. The smallest absolute Gasteiger partial charge is 0.124 e. The van der Waals surface area contributed by atoms with Crippen LogP contribution in [0.3, 0.4) is 0 Å². The van der Waals surface area contributed by atoms with Gasteiger partial charge in [-0.25, -0.2) is 4.39 Å². The van der Waals surface area contributed by atoms with Crippen molar-refractivity contribution in [1.29, 1.82) is 0 Å². The molecule has 0 aliphatic carbocycles. The molecule has 1 unspecified atom stereocenters. The maximum absolute atomic E-state index is 12.9. The molecule has 2 N–H and O–H groups in total. The molecule has 1 nitrogen and oxygen atoms in total. The van der Waals surface area contributed by atoms with Crippen molar-refractivity contribution in [3.05, 3.63) is 55.4 Å². The fraction of sp³-hybridized carbons (Fsp3) is 0.0909. The monoisotopic (exact) mass is 319 g/mol. The second-order valence-electron chi connectivity index (χ2n) is 3.28. The highest BCUT2D eigenvalue weighted by Crippen LogP contribution is 2.34. The fourth-order valence-corrected chi connectivity index (χ4v) is 3.21. The largest absolute Gasteiger partial charge is 0.320 e. The molecule has 1 atom stereocenters. The number of nitrogens with two attached hydrogens (primary N) is 1. The number of thiophene rings is 1. The predicted molar refractivity (Wildman–Crippen MR) is 69.5 cm³/mol. The molecule has 0 amide bonds. The summed E-state index contributed by atoms with van der Waals surface area (Å²) in [7, 11) is 0. The van der Waals surface area contributed by atoms with Gasteiger partial charge < -0.3 is 5.73 Å². The molecule has 84 valence electrons. The third-order valence-corrected chi connectivity index (χ3v) is 4.35. The van der Waals surface area contributed by atoms with Gasteiger partial charge in [0.2, 0.25) is 0 Å². The van der Waals surface area contributed by atoms with Crippen LogP contribution < -0.4 is 5.73 Å². The van der Waals surface area contributed by atoms with Crippen LogP contribution in [0.2, 0.25) is 5.02 Å². The van der Waals surface area contributed by atoms with Crippen molar-refractivity contribution in [1.82, 2.24) is 0 Å². The zero-order valence-corrected chi connectivity index (χ0v) is 11.2. The van der Waals surface area contributed by atoms with Crippen LogP contribution in [0.25, 0.3) is 0 Å². The summed E-state index contributed by atoms with van der Waals surface area (Å²) < 4.78 is 13.6. The van der Waals surface area contributed by atoms with Gasteiger partial charge in [-0.1, -0.05) is 33.6 Å². The van der Waals surface area contributed by atoms with Crippen LogP contribution >= 0.6 is 38.9 Å². The molecule has 2 aromatic rings. The Labute approximate surface area is 110 Å². The van der Waals surface area contributed by atoms with Gasteiger partial charge in [0.05, 0.1) is 11.1 Å². The molecule has 1 aromatic carbocycles. The lowest BCUT2D eigenvalue weighted by Crippen LogP contribution is -2.11. The van der Waals surface area contributed by atoms with E-state index in [0.29, 0.717) is 9.50 Å². The predicted octanol–water partition coefficient (Wildman–Crippen LogP) is 4.35. The molecule has 5 heteroatoms. The van der Waals surface area contributed by atoms with E-state index >= 15 is 0 Å². The molecular formula is C11H8BrClFNS. The minimum Gasteiger partial charge on any atom is -0.320 e. The topological polar surface area (TPSA) is 26.0 Å². The fourth-order valence-electron chi connectivity index (χ4n) is 1.42. The van der Waals surface area contributed by atoms with E-state index in [2.05, 4.69) is 15.9 Å². The molecule has 2 rings (SSSR count). The average molecular weight is 321 g/mol. The first-order chi connectivity index (χ1) is 7.59. The average Bonchev–Trinajstić information content (AvgIpc) is 2.63. The Kier molecular flexibility index (Phi) is 3.64. The second-order valence-corrected chi connectivity index (χ2v) is 5.49. The Hall–Kier alpha value is -0.420. The van der Waals surface area contributed by atoms with Crippen molar-refractivity contribution in [2.24, 2.45) is 5.73 Å². The van der Waals surface area contributed by atoms with Gasteiger partial charge in [0.15, 0.2) is 0 Å².